The average Bonchev–Trinajstić information content (AvgIpc) is 2.17. The summed E-state index contributed by atoms with van der Waals surface area (Å²) >= 11 is 3.99. The van der Waals surface area contributed by atoms with Gasteiger partial charge in [-0.25, -0.2) is 0 Å². The van der Waals surface area contributed by atoms with Crippen molar-refractivity contribution < 1.29 is 17.4 Å². The summed E-state index contributed by atoms with van der Waals surface area (Å²) in [6, 6.07) is 4.22. The van der Waals surface area contributed by atoms with E-state index in [1.54, 1.807) is 0 Å². The Balaban J connectivity index is 0.00000225. The topological polar surface area (TPSA) is 60.4 Å². The molecule has 0 aromatic heterocycles. The van der Waals surface area contributed by atoms with Crippen LogP contribution in [0.2, 0.25) is 0 Å². The Hall–Kier alpha value is 0.150. The predicted molar refractivity (Wildman–Crippen MR) is 65.0 cm³/mol. The molecule has 0 amide bonds. The van der Waals surface area contributed by atoms with E-state index in [-0.39, 0.29) is 45.1 Å². The number of hydrogen-bond acceptors (Lipinski definition) is 5. The van der Waals surface area contributed by atoms with Crippen LogP contribution >= 0.6 is 12.6 Å². The van der Waals surface area contributed by atoms with Crippen molar-refractivity contribution in [2.45, 2.75) is 16.7 Å². The minimum atomic E-state index is -3.81. The van der Waals surface area contributed by atoms with Gasteiger partial charge < -0.3 is 0 Å². The van der Waals surface area contributed by atoms with Crippen LogP contribution in [0.1, 0.15) is 17.3 Å². The van der Waals surface area contributed by atoms with Gasteiger partial charge in [0.05, 0.1) is 7.11 Å². The van der Waals surface area contributed by atoms with Crippen LogP contribution in [-0.4, -0.2) is 50.9 Å². The monoisotopic (exact) mass is 270 g/mol. The predicted octanol–water partition coefficient (Wildman–Crippen LogP) is 0.865. The van der Waals surface area contributed by atoms with Gasteiger partial charge in [-0.2, -0.15) is 8.42 Å². The molecule has 7 heteroatoms. The SMILES string of the molecule is COS(=O)(=O)c1cc(C(C)=O)ccc1S.[NaH]. The fraction of sp³-hybridized carbons (Fsp3) is 0.222. The molecule has 0 saturated carbocycles. The van der Waals surface area contributed by atoms with Crippen molar-refractivity contribution >= 4 is 58.1 Å². The maximum atomic E-state index is 11.4. The summed E-state index contributed by atoms with van der Waals surface area (Å²) in [4.78, 5) is 11.2. The third-order valence-corrected chi connectivity index (χ3v) is 3.71. The number of carbonyl (C=O) groups excluding carboxylic acids is 1. The molecule has 84 valence electrons. The molecule has 16 heavy (non-hydrogen) atoms. The van der Waals surface area contributed by atoms with Gasteiger partial charge in [-0.15, -0.1) is 12.6 Å². The van der Waals surface area contributed by atoms with E-state index in [1.165, 1.54) is 25.1 Å². The third-order valence-electron chi connectivity index (χ3n) is 1.86. The Kier molecular flexibility index (Phi) is 6.24. The Morgan fingerprint density at radius 1 is 1.38 bits per heavy atom. The number of hydrogen-bond donors (Lipinski definition) is 1. The molecular formula is C9H11NaO4S2. The van der Waals surface area contributed by atoms with E-state index in [0.29, 0.717) is 5.56 Å². The van der Waals surface area contributed by atoms with Gasteiger partial charge in [0.2, 0.25) is 0 Å². The van der Waals surface area contributed by atoms with Gasteiger partial charge in [-0.3, -0.25) is 8.98 Å². The summed E-state index contributed by atoms with van der Waals surface area (Å²) in [5, 5.41) is 0. The van der Waals surface area contributed by atoms with Crippen LogP contribution in [0.25, 0.3) is 0 Å². The quantitative estimate of drug-likeness (QED) is 0.383. The molecule has 0 aliphatic rings. The maximum absolute atomic E-state index is 11.4. The number of Topliss-reactive ketones (excluding diaryl/α,β-unsaturated/α-hetero) is 1. The van der Waals surface area contributed by atoms with Gasteiger partial charge in [0.1, 0.15) is 4.90 Å². The second-order valence-corrected chi connectivity index (χ2v) is 5.02. The molecule has 0 saturated heterocycles. The fourth-order valence-corrected chi connectivity index (χ4v) is 2.27. The van der Waals surface area contributed by atoms with Gasteiger partial charge in [-0.1, -0.05) is 6.07 Å². The molecule has 0 bridgehead atoms. The number of ketones is 1. The summed E-state index contributed by atoms with van der Waals surface area (Å²) in [5.74, 6) is -0.212. The van der Waals surface area contributed by atoms with E-state index in [0.717, 1.165) is 7.11 Å². The van der Waals surface area contributed by atoms with E-state index in [2.05, 4.69) is 16.8 Å². The molecule has 0 atom stereocenters. The summed E-state index contributed by atoms with van der Waals surface area (Å²) in [6.45, 7) is 1.36. The van der Waals surface area contributed by atoms with Crippen molar-refractivity contribution in [3.05, 3.63) is 23.8 Å². The molecule has 0 unspecified atom stereocenters. The molecule has 0 N–H and O–H groups in total. The summed E-state index contributed by atoms with van der Waals surface area (Å²) in [6.07, 6.45) is 0. The van der Waals surface area contributed by atoms with Crippen molar-refractivity contribution in [2.75, 3.05) is 7.11 Å². The first-order chi connectivity index (χ1) is 6.88. The van der Waals surface area contributed by atoms with Crippen molar-refractivity contribution in [1.82, 2.24) is 0 Å². The molecule has 0 heterocycles. The number of carbonyl (C=O) groups is 1. The van der Waals surface area contributed by atoms with Crippen LogP contribution in [-0.2, 0) is 14.3 Å². The average molecular weight is 270 g/mol. The molecule has 0 aliphatic heterocycles. The Morgan fingerprint density at radius 3 is 2.38 bits per heavy atom. The van der Waals surface area contributed by atoms with Crippen LogP contribution < -0.4 is 0 Å². The molecule has 0 fully saturated rings. The van der Waals surface area contributed by atoms with Crippen molar-refractivity contribution in [3.63, 3.8) is 0 Å². The molecule has 0 radical (unpaired) electrons. The Labute approximate surface area is 122 Å². The molecule has 1 aromatic rings. The van der Waals surface area contributed by atoms with Crippen LogP contribution in [0.5, 0.6) is 0 Å². The number of thiol groups is 1. The second-order valence-electron chi connectivity index (χ2n) is 2.86. The first-order valence-corrected chi connectivity index (χ1v) is 5.88. The molecule has 0 spiro atoms. The van der Waals surface area contributed by atoms with E-state index in [9.17, 15) is 13.2 Å². The molecule has 4 nitrogen and oxygen atoms in total. The molecule has 1 aromatic carbocycles. The van der Waals surface area contributed by atoms with E-state index in [4.69, 9.17) is 0 Å². The molecule has 1 rings (SSSR count). The van der Waals surface area contributed by atoms with Crippen molar-refractivity contribution in [2.24, 2.45) is 0 Å². The van der Waals surface area contributed by atoms with E-state index >= 15 is 0 Å². The zero-order valence-corrected chi connectivity index (χ0v) is 9.93. The van der Waals surface area contributed by atoms with Crippen molar-refractivity contribution in [3.8, 4) is 0 Å². The Bertz CT molecular complexity index is 496. The van der Waals surface area contributed by atoms with Gasteiger partial charge in [0, 0.05) is 10.5 Å². The number of rotatable bonds is 3. The molecule has 0 aliphatic carbocycles. The molecular weight excluding hydrogens is 259 g/mol. The van der Waals surface area contributed by atoms with Crippen LogP contribution in [0.3, 0.4) is 0 Å². The zero-order valence-electron chi connectivity index (χ0n) is 8.22. The second kappa shape index (κ2) is 6.18. The normalized spacial score (nSPS) is 10.7. The standard InChI is InChI=1S/C9H10O4S2.Na.H/c1-6(10)7-3-4-8(14)9(5-7)15(11,12)13-2;;/h3-5,14H,1-2H3;;. The van der Waals surface area contributed by atoms with Crippen LogP contribution in [0, 0.1) is 0 Å². The van der Waals surface area contributed by atoms with Crippen LogP contribution in [0.15, 0.2) is 28.0 Å². The summed E-state index contributed by atoms with van der Waals surface area (Å²) < 4.78 is 27.2. The first kappa shape index (κ1) is 16.1. The van der Waals surface area contributed by atoms with Gasteiger partial charge in [0.15, 0.2) is 5.78 Å². The van der Waals surface area contributed by atoms with E-state index in [1.807, 2.05) is 0 Å². The summed E-state index contributed by atoms with van der Waals surface area (Å²) in [7, 11) is -2.75. The minimum absolute atomic E-state index is 0. The van der Waals surface area contributed by atoms with Gasteiger partial charge in [0.25, 0.3) is 10.1 Å². The van der Waals surface area contributed by atoms with E-state index < -0.39 is 10.1 Å². The number of benzene rings is 1. The van der Waals surface area contributed by atoms with Crippen LogP contribution in [0.4, 0.5) is 0 Å². The zero-order chi connectivity index (χ0) is 11.6. The van der Waals surface area contributed by atoms with Gasteiger partial charge >= 0.3 is 29.6 Å². The Morgan fingerprint density at radius 2 is 1.94 bits per heavy atom. The fourth-order valence-electron chi connectivity index (χ4n) is 1.02. The van der Waals surface area contributed by atoms with Gasteiger partial charge in [-0.05, 0) is 19.1 Å². The van der Waals surface area contributed by atoms with Crippen molar-refractivity contribution in [1.29, 1.82) is 0 Å². The third kappa shape index (κ3) is 3.58. The first-order valence-electron chi connectivity index (χ1n) is 4.03. The summed E-state index contributed by atoms with van der Waals surface area (Å²) in [5.41, 5.74) is 0.309.